The minimum Gasteiger partial charge on any atom is -0.451 e. The summed E-state index contributed by atoms with van der Waals surface area (Å²) >= 11 is 0. The highest BCUT2D eigenvalue weighted by Gasteiger charge is 2.72. The molecule has 1 amide bonds. The Morgan fingerprint density at radius 1 is 0.917 bits per heavy atom. The van der Waals surface area contributed by atoms with Crippen LogP contribution in [0.25, 0.3) is 0 Å². The van der Waals surface area contributed by atoms with E-state index in [2.05, 4.69) is 78.0 Å². The molecule has 5 aliphatic carbocycles. The van der Waals surface area contributed by atoms with Crippen molar-refractivity contribution in [3.05, 3.63) is 29.8 Å². The molecule has 1 aromatic carbocycles. The fourth-order valence-corrected chi connectivity index (χ4v) is 14.4. The Kier molecular flexibility index (Phi) is 10.0. The lowest BCUT2D eigenvalue weighted by Gasteiger charge is -2.73. The maximum Gasteiger partial charge on any atom is 0.309 e. The molecule has 1 N–H and O–H groups in total. The first-order chi connectivity index (χ1) is 22.7. The van der Waals surface area contributed by atoms with E-state index in [-0.39, 0.29) is 48.8 Å². The molecular formula is C40H61NO5P2. The number of nitrogens with one attached hydrogen (secondary N) is 1. The quantitative estimate of drug-likeness (QED) is 0.206. The van der Waals surface area contributed by atoms with Gasteiger partial charge >= 0.3 is 5.97 Å². The molecule has 266 valence electrons. The SMILES string of the molecule is CC(C)[C@@H]1CC[C@]2(C(=O)NCCC(=O)OP)CC[C@]3(C)[C@H](CC[C@@H]4[C@@]5(C)CC[C@H](c6ccc(POC=O)cc6)C(C)(C)[C@@H]5CC[C@]43C)[C@@H]12. The number of amides is 1. The Morgan fingerprint density at radius 2 is 1.65 bits per heavy atom. The Hall–Kier alpha value is -1.51. The molecule has 8 heteroatoms. The summed E-state index contributed by atoms with van der Waals surface area (Å²) in [5.41, 5.74) is 2.06. The molecule has 5 aliphatic rings. The van der Waals surface area contributed by atoms with E-state index >= 15 is 0 Å². The number of hydrogen-bond donors (Lipinski definition) is 1. The van der Waals surface area contributed by atoms with Gasteiger partial charge in [-0.05, 0) is 133 Å². The fraction of sp³-hybridized carbons (Fsp3) is 0.775. The molecule has 0 heterocycles. The lowest BCUT2D eigenvalue weighted by Crippen LogP contribution is -2.67. The van der Waals surface area contributed by atoms with Crippen LogP contribution >= 0.6 is 18.3 Å². The molecule has 6 nitrogen and oxygen atoms in total. The predicted molar refractivity (Wildman–Crippen MR) is 197 cm³/mol. The average molecular weight is 698 g/mol. The highest BCUT2D eigenvalue weighted by Crippen LogP contribution is 2.78. The standard InChI is InChI=1S/C40H61NO5P2/c1-25(2)28-14-20-40(35(44)41-23-17-33(43)46-47)22-21-38(6)30(34(28)40)12-13-32-37(5)18-15-29(26-8-10-27(11-9-26)48-45-24-42)36(3,4)31(37)16-19-39(32,38)7/h8-11,24-25,28-32,34,48H,12-23,47H2,1-7H3,(H,41,44)/t28-,29+,30+,31-,32+,34+,37-,38+,39+,40-/m0/s1. The van der Waals surface area contributed by atoms with Gasteiger partial charge in [-0.3, -0.25) is 14.4 Å². The monoisotopic (exact) mass is 697 g/mol. The van der Waals surface area contributed by atoms with Crippen LogP contribution in [0.2, 0.25) is 0 Å². The van der Waals surface area contributed by atoms with E-state index in [0.29, 0.717) is 59.9 Å². The molecule has 12 atom stereocenters. The third-order valence-corrected chi connectivity index (χ3v) is 17.2. The van der Waals surface area contributed by atoms with Crippen LogP contribution in [0.1, 0.15) is 131 Å². The summed E-state index contributed by atoms with van der Waals surface area (Å²) in [5, 5.41) is 4.29. The summed E-state index contributed by atoms with van der Waals surface area (Å²) in [4.78, 5) is 36.8. The summed E-state index contributed by atoms with van der Waals surface area (Å²) in [5.74, 6) is 3.85. The van der Waals surface area contributed by atoms with Crippen molar-refractivity contribution in [3.63, 3.8) is 0 Å². The molecular weight excluding hydrogens is 636 g/mol. The molecule has 2 unspecified atom stereocenters. The van der Waals surface area contributed by atoms with Gasteiger partial charge in [0.1, 0.15) is 8.81 Å². The van der Waals surface area contributed by atoms with Gasteiger partial charge in [0.15, 0.2) is 0 Å². The van der Waals surface area contributed by atoms with Gasteiger partial charge < -0.3 is 14.4 Å². The second kappa shape index (κ2) is 13.2. The Morgan fingerprint density at radius 3 is 2.31 bits per heavy atom. The highest BCUT2D eigenvalue weighted by atomic mass is 31.1. The minimum absolute atomic E-state index is 0.0684. The maximum atomic E-state index is 14.2. The Labute approximate surface area is 293 Å². The van der Waals surface area contributed by atoms with Gasteiger partial charge in [0.05, 0.1) is 21.3 Å². The van der Waals surface area contributed by atoms with Crippen molar-refractivity contribution in [2.45, 2.75) is 125 Å². The molecule has 0 saturated heterocycles. The third-order valence-electron chi connectivity index (χ3n) is 16.1. The summed E-state index contributed by atoms with van der Waals surface area (Å²) < 4.78 is 9.80. The van der Waals surface area contributed by atoms with E-state index in [4.69, 9.17) is 9.05 Å². The van der Waals surface area contributed by atoms with Gasteiger partial charge in [-0.2, -0.15) is 0 Å². The van der Waals surface area contributed by atoms with E-state index in [1.54, 1.807) is 0 Å². The summed E-state index contributed by atoms with van der Waals surface area (Å²) in [6.07, 6.45) is 12.0. The first-order valence-corrected chi connectivity index (χ1v) is 20.2. The normalized spacial score (nSPS) is 41.5. The molecule has 5 fully saturated rings. The molecule has 0 spiro atoms. The first kappa shape index (κ1) is 36.3. The number of hydrogen-bond acceptors (Lipinski definition) is 5. The fourth-order valence-electron chi connectivity index (χ4n) is 13.8. The number of benzene rings is 1. The minimum atomic E-state index is -0.316. The number of rotatable bonds is 9. The maximum absolute atomic E-state index is 14.2. The van der Waals surface area contributed by atoms with Crippen LogP contribution in [0.3, 0.4) is 0 Å². The molecule has 6 rings (SSSR count). The smallest absolute Gasteiger partial charge is 0.309 e. The van der Waals surface area contributed by atoms with Crippen molar-refractivity contribution in [2.75, 3.05) is 6.54 Å². The Balaban J connectivity index is 1.27. The van der Waals surface area contributed by atoms with Gasteiger partial charge in [-0.25, -0.2) is 0 Å². The molecule has 5 saturated carbocycles. The van der Waals surface area contributed by atoms with E-state index in [0.717, 1.165) is 31.0 Å². The van der Waals surface area contributed by atoms with Gasteiger partial charge in [0, 0.05) is 11.8 Å². The van der Waals surface area contributed by atoms with Crippen LogP contribution in [0.5, 0.6) is 0 Å². The van der Waals surface area contributed by atoms with Gasteiger partial charge in [-0.15, -0.1) is 0 Å². The summed E-state index contributed by atoms with van der Waals surface area (Å²) in [6, 6.07) is 8.87. The zero-order valence-electron chi connectivity index (χ0n) is 30.5. The first-order valence-electron chi connectivity index (χ1n) is 18.8. The second-order valence-electron chi connectivity index (χ2n) is 18.1. The van der Waals surface area contributed by atoms with Crippen LogP contribution in [0.15, 0.2) is 24.3 Å². The van der Waals surface area contributed by atoms with Gasteiger partial charge in [0.25, 0.3) is 6.47 Å². The van der Waals surface area contributed by atoms with E-state index < -0.39 is 0 Å². The topological polar surface area (TPSA) is 81.7 Å². The van der Waals surface area contributed by atoms with Crippen LogP contribution in [-0.2, 0) is 23.4 Å². The summed E-state index contributed by atoms with van der Waals surface area (Å²) in [7, 11) is 2.09. The zero-order valence-corrected chi connectivity index (χ0v) is 32.7. The predicted octanol–water partition coefficient (Wildman–Crippen LogP) is 8.74. The van der Waals surface area contributed by atoms with Crippen molar-refractivity contribution in [3.8, 4) is 0 Å². The Bertz CT molecular complexity index is 1380. The zero-order chi connectivity index (χ0) is 34.7. The van der Waals surface area contributed by atoms with Crippen molar-refractivity contribution in [2.24, 2.45) is 62.6 Å². The van der Waals surface area contributed by atoms with Crippen molar-refractivity contribution in [1.82, 2.24) is 5.32 Å². The number of fused-ring (bicyclic) bond motifs is 7. The van der Waals surface area contributed by atoms with Gasteiger partial charge in [-0.1, -0.05) is 72.7 Å². The van der Waals surface area contributed by atoms with Crippen LogP contribution < -0.4 is 10.6 Å². The van der Waals surface area contributed by atoms with Crippen LogP contribution in [-0.4, -0.2) is 24.9 Å². The van der Waals surface area contributed by atoms with Crippen molar-refractivity contribution in [1.29, 1.82) is 0 Å². The number of carbonyl (C=O) groups is 3. The molecule has 0 bridgehead atoms. The highest BCUT2D eigenvalue weighted by molar-refractivity contribution is 7.42. The van der Waals surface area contributed by atoms with Crippen molar-refractivity contribution < 1.29 is 23.4 Å². The largest absolute Gasteiger partial charge is 0.451 e. The van der Waals surface area contributed by atoms with Gasteiger partial charge in [0.2, 0.25) is 5.91 Å². The van der Waals surface area contributed by atoms with E-state index in [1.165, 1.54) is 44.1 Å². The van der Waals surface area contributed by atoms with Crippen LogP contribution in [0, 0.1) is 62.6 Å². The molecule has 0 aromatic heterocycles. The second-order valence-corrected chi connectivity index (χ2v) is 19.4. The van der Waals surface area contributed by atoms with Crippen molar-refractivity contribution >= 4 is 41.9 Å². The molecule has 0 radical (unpaired) electrons. The molecule has 0 aliphatic heterocycles. The molecule has 48 heavy (non-hydrogen) atoms. The number of carbonyl (C=O) groups excluding carboxylic acids is 3. The third kappa shape index (κ3) is 5.52. The molecule has 1 aromatic rings. The summed E-state index contributed by atoms with van der Waals surface area (Å²) in [6.45, 7) is 18.8. The van der Waals surface area contributed by atoms with E-state index in [9.17, 15) is 14.4 Å². The average Bonchev–Trinajstić information content (AvgIpc) is 3.45. The lowest BCUT2D eigenvalue weighted by atomic mass is 9.31. The lowest BCUT2D eigenvalue weighted by molar-refractivity contribution is -0.239. The van der Waals surface area contributed by atoms with Crippen LogP contribution in [0.4, 0.5) is 0 Å². The van der Waals surface area contributed by atoms with E-state index in [1.807, 2.05) is 9.47 Å².